The molecule has 2 aliphatic rings. The highest BCUT2D eigenvalue weighted by atomic mass is 127. The molecule has 3 rings (SSSR count). The van der Waals surface area contributed by atoms with Crippen molar-refractivity contribution in [2.45, 2.75) is 103 Å². The van der Waals surface area contributed by atoms with Gasteiger partial charge in [-0.1, -0.05) is 65.5 Å². The fourth-order valence-corrected chi connectivity index (χ4v) is 6.73. The lowest BCUT2D eigenvalue weighted by atomic mass is 9.75. The smallest absolute Gasteiger partial charge is 0.248 e. The van der Waals surface area contributed by atoms with E-state index in [2.05, 4.69) is 55.6 Å². The second-order valence-electron chi connectivity index (χ2n) is 12.3. The zero-order chi connectivity index (χ0) is 30.6. The zero-order valence-corrected chi connectivity index (χ0v) is 27.9. The first kappa shape index (κ1) is 34.8. The van der Waals surface area contributed by atoms with Crippen molar-refractivity contribution in [3.05, 3.63) is 39.5 Å². The molecule has 6 unspecified atom stereocenters. The van der Waals surface area contributed by atoms with Gasteiger partial charge in [-0.2, -0.15) is 0 Å². The molecular formula is C33H51IN2O6. The first-order valence-electron chi connectivity index (χ1n) is 15.8. The van der Waals surface area contributed by atoms with Crippen LogP contribution in [0.5, 0.6) is 5.75 Å². The quantitative estimate of drug-likeness (QED) is 0.174. The number of nitrogens with zero attached hydrogens (tertiary/aromatic N) is 1. The van der Waals surface area contributed by atoms with Crippen LogP contribution >= 0.6 is 22.6 Å². The highest BCUT2D eigenvalue weighted by Crippen LogP contribution is 2.36. The molecule has 2 aliphatic carbocycles. The Morgan fingerprint density at radius 3 is 2.62 bits per heavy atom. The summed E-state index contributed by atoms with van der Waals surface area (Å²) in [6.07, 6.45) is 7.17. The van der Waals surface area contributed by atoms with E-state index in [-0.39, 0.29) is 44.1 Å². The molecule has 0 spiro atoms. The Hall–Kier alpha value is -1.69. The first-order chi connectivity index (χ1) is 20.2. The number of benzene rings is 1. The monoisotopic (exact) mass is 698 g/mol. The predicted octanol–water partition coefficient (Wildman–Crippen LogP) is 5.09. The second-order valence-corrected chi connectivity index (χ2v) is 13.4. The third-order valence-electron chi connectivity index (χ3n) is 8.67. The van der Waals surface area contributed by atoms with Crippen molar-refractivity contribution in [3.8, 4) is 5.75 Å². The maximum absolute atomic E-state index is 13.9. The fraction of sp³-hybridized carbons (Fsp3) is 0.697. The van der Waals surface area contributed by atoms with Crippen molar-refractivity contribution in [2.75, 3.05) is 26.3 Å². The number of carbonyl (C=O) groups is 2. The summed E-state index contributed by atoms with van der Waals surface area (Å²) >= 11 is 2.18. The predicted molar refractivity (Wildman–Crippen MR) is 173 cm³/mol. The van der Waals surface area contributed by atoms with Crippen molar-refractivity contribution >= 4 is 34.4 Å². The summed E-state index contributed by atoms with van der Waals surface area (Å²) in [5.41, 5.74) is 0.433. The van der Waals surface area contributed by atoms with Gasteiger partial charge >= 0.3 is 0 Å². The Labute approximate surface area is 265 Å². The number of para-hydroxylation sites is 1. The molecule has 0 aromatic heterocycles. The molecule has 9 heteroatoms. The van der Waals surface area contributed by atoms with Crippen LogP contribution in [0.4, 0.5) is 0 Å². The summed E-state index contributed by atoms with van der Waals surface area (Å²) in [6.45, 7) is 9.21. The van der Waals surface area contributed by atoms with E-state index < -0.39 is 18.2 Å². The van der Waals surface area contributed by atoms with Crippen LogP contribution in [0.15, 0.2) is 35.9 Å². The molecule has 0 bridgehead atoms. The van der Waals surface area contributed by atoms with Crippen LogP contribution in [-0.4, -0.2) is 77.6 Å². The van der Waals surface area contributed by atoms with E-state index in [1.54, 1.807) is 11.0 Å². The molecule has 1 aromatic rings. The summed E-state index contributed by atoms with van der Waals surface area (Å²) in [4.78, 5) is 28.7. The highest BCUT2D eigenvalue weighted by Gasteiger charge is 2.41. The molecule has 0 aliphatic heterocycles. The van der Waals surface area contributed by atoms with E-state index in [0.717, 1.165) is 42.1 Å². The number of aliphatic hydroxyl groups excluding tert-OH is 2. The van der Waals surface area contributed by atoms with Crippen molar-refractivity contribution < 1.29 is 29.3 Å². The zero-order valence-electron chi connectivity index (χ0n) is 25.8. The van der Waals surface area contributed by atoms with Gasteiger partial charge in [-0.05, 0) is 77.8 Å². The van der Waals surface area contributed by atoms with Crippen LogP contribution < -0.4 is 10.1 Å². The van der Waals surface area contributed by atoms with Gasteiger partial charge in [0.2, 0.25) is 11.8 Å². The summed E-state index contributed by atoms with van der Waals surface area (Å²) in [7, 11) is 0. The maximum Gasteiger partial charge on any atom is 0.248 e. The Morgan fingerprint density at radius 2 is 1.93 bits per heavy atom. The number of halogens is 1. The van der Waals surface area contributed by atoms with Crippen LogP contribution in [0.1, 0.15) is 79.1 Å². The van der Waals surface area contributed by atoms with Gasteiger partial charge in [-0.15, -0.1) is 0 Å². The van der Waals surface area contributed by atoms with Crippen molar-refractivity contribution in [3.63, 3.8) is 0 Å². The summed E-state index contributed by atoms with van der Waals surface area (Å²) in [5.74, 6) is 1.57. The molecular weight excluding hydrogens is 647 g/mol. The van der Waals surface area contributed by atoms with Gasteiger partial charge in [0, 0.05) is 25.1 Å². The van der Waals surface area contributed by atoms with E-state index in [4.69, 9.17) is 9.47 Å². The summed E-state index contributed by atoms with van der Waals surface area (Å²) in [6, 6.07) is 6.86. The molecule has 0 heterocycles. The van der Waals surface area contributed by atoms with Gasteiger partial charge in [0.25, 0.3) is 0 Å². The van der Waals surface area contributed by atoms with E-state index in [1.165, 1.54) is 6.42 Å². The minimum Gasteiger partial charge on any atom is -0.482 e. The molecule has 8 nitrogen and oxygen atoms in total. The third kappa shape index (κ3) is 9.92. The number of hydrogen-bond donors (Lipinski definition) is 3. The number of carbonyl (C=O) groups excluding carboxylic acids is 2. The first-order valence-corrected chi connectivity index (χ1v) is 16.8. The van der Waals surface area contributed by atoms with Crippen molar-refractivity contribution in [1.82, 2.24) is 10.2 Å². The molecule has 0 radical (unpaired) electrons. The van der Waals surface area contributed by atoms with E-state index in [9.17, 15) is 19.8 Å². The Kier molecular flexibility index (Phi) is 14.6. The molecule has 2 amide bonds. The standard InChI is InChI=1S/C33H51IN2O6/c1-5-6-7-10-16-36(31(38)21-41-29-18-23(4)13-14-25(29)22(2)3)27-19-24(33(40)35-15-17-37)20-30(32(27)39)42-28-12-9-8-11-26(28)34/h8-9,11-12,20,22-23,25,27,29-30,32,37,39H,5-7,10,13-19,21H2,1-4H3,(H,35,40). The number of amides is 2. The molecule has 1 saturated carbocycles. The van der Waals surface area contributed by atoms with E-state index in [0.29, 0.717) is 35.6 Å². The van der Waals surface area contributed by atoms with Gasteiger partial charge in [0.1, 0.15) is 24.6 Å². The lowest BCUT2D eigenvalue weighted by Crippen LogP contribution is -2.56. The molecule has 236 valence electrons. The van der Waals surface area contributed by atoms with Crippen LogP contribution in [0.2, 0.25) is 0 Å². The van der Waals surface area contributed by atoms with Crippen LogP contribution in [0.3, 0.4) is 0 Å². The number of aliphatic hydroxyl groups is 2. The average molecular weight is 699 g/mol. The third-order valence-corrected chi connectivity index (χ3v) is 9.56. The minimum atomic E-state index is -1.04. The lowest BCUT2D eigenvalue weighted by Gasteiger charge is -2.41. The molecule has 0 saturated heterocycles. The number of ether oxygens (including phenoxy) is 2. The Morgan fingerprint density at radius 1 is 1.17 bits per heavy atom. The van der Waals surface area contributed by atoms with Crippen LogP contribution in [0.25, 0.3) is 0 Å². The molecule has 42 heavy (non-hydrogen) atoms. The normalized spacial score (nSPS) is 26.0. The summed E-state index contributed by atoms with van der Waals surface area (Å²) < 4.78 is 13.5. The average Bonchev–Trinajstić information content (AvgIpc) is 2.97. The number of rotatable bonds is 15. The number of unbranched alkanes of at least 4 members (excludes halogenated alkanes) is 3. The van der Waals surface area contributed by atoms with Gasteiger partial charge in [0.15, 0.2) is 0 Å². The minimum absolute atomic E-state index is 0.0341. The van der Waals surface area contributed by atoms with Gasteiger partial charge in [-0.25, -0.2) is 0 Å². The SMILES string of the molecule is CCCCCCN(C(=O)COC1CC(C)CCC1C(C)C)C1CC(C(=O)NCCO)=CC(Oc2ccccc2I)C1O. The van der Waals surface area contributed by atoms with Crippen molar-refractivity contribution in [1.29, 1.82) is 0 Å². The van der Waals surface area contributed by atoms with Gasteiger partial charge in [-0.3, -0.25) is 9.59 Å². The molecule has 1 aromatic carbocycles. The molecule has 1 fully saturated rings. The van der Waals surface area contributed by atoms with Crippen molar-refractivity contribution in [2.24, 2.45) is 17.8 Å². The van der Waals surface area contributed by atoms with E-state index in [1.807, 2.05) is 24.3 Å². The van der Waals surface area contributed by atoms with Gasteiger partial charge < -0.3 is 29.9 Å². The van der Waals surface area contributed by atoms with E-state index >= 15 is 0 Å². The number of hydrogen-bond acceptors (Lipinski definition) is 6. The fourth-order valence-electron chi connectivity index (χ4n) is 6.22. The maximum atomic E-state index is 13.9. The summed E-state index contributed by atoms with van der Waals surface area (Å²) in [5, 5.41) is 23.6. The second kappa shape index (κ2) is 17.6. The van der Waals surface area contributed by atoms with Gasteiger partial charge in [0.05, 0.1) is 22.3 Å². The van der Waals surface area contributed by atoms with Crippen LogP contribution in [-0.2, 0) is 14.3 Å². The molecule has 3 N–H and O–H groups in total. The highest BCUT2D eigenvalue weighted by molar-refractivity contribution is 14.1. The van der Waals surface area contributed by atoms with Crippen LogP contribution in [0, 0.1) is 21.3 Å². The Bertz CT molecular complexity index is 1030. The lowest BCUT2D eigenvalue weighted by molar-refractivity contribution is -0.148. The Balaban J connectivity index is 1.85. The molecule has 6 atom stereocenters. The number of nitrogens with one attached hydrogen (secondary N) is 1. The largest absolute Gasteiger partial charge is 0.482 e. The topological polar surface area (TPSA) is 108 Å².